The van der Waals surface area contributed by atoms with Crippen LogP contribution in [0.2, 0.25) is 0 Å². The first-order valence-corrected chi connectivity index (χ1v) is 6.50. The van der Waals surface area contributed by atoms with E-state index in [1.807, 2.05) is 0 Å². The summed E-state index contributed by atoms with van der Waals surface area (Å²) < 4.78 is 10.7. The third-order valence-corrected chi connectivity index (χ3v) is 2.90. The summed E-state index contributed by atoms with van der Waals surface area (Å²) in [6, 6.07) is 6.47. The number of ketones is 1. The first-order chi connectivity index (χ1) is 9.65. The molecule has 0 radical (unpaired) electrons. The molecule has 0 aromatic heterocycles. The summed E-state index contributed by atoms with van der Waals surface area (Å²) in [5.74, 6) is -0.0400. The number of carbonyl (C=O) groups is 2. The summed E-state index contributed by atoms with van der Waals surface area (Å²) in [6.45, 7) is 3.51. The average molecular weight is 278 g/mol. The quantitative estimate of drug-likeness (QED) is 0.817. The molecule has 2 N–H and O–H groups in total. The highest BCUT2D eigenvalue weighted by molar-refractivity contribution is 5.96. The summed E-state index contributed by atoms with van der Waals surface area (Å²) in [7, 11) is 0. The van der Waals surface area contributed by atoms with Gasteiger partial charge in [0.2, 0.25) is 0 Å². The molecule has 20 heavy (non-hydrogen) atoms. The molecule has 6 heteroatoms. The number of amides is 2. The molecule has 0 spiro atoms. The van der Waals surface area contributed by atoms with Gasteiger partial charge in [-0.3, -0.25) is 4.79 Å². The SMILES string of the molecule is CC(=O)c1cccc(NC(=O)NCC2COCCO2)c1. The lowest BCUT2D eigenvalue weighted by Crippen LogP contribution is -2.41. The smallest absolute Gasteiger partial charge is 0.319 e. The topological polar surface area (TPSA) is 76.7 Å². The van der Waals surface area contributed by atoms with Gasteiger partial charge >= 0.3 is 6.03 Å². The fourth-order valence-electron chi connectivity index (χ4n) is 1.85. The van der Waals surface area contributed by atoms with Crippen molar-refractivity contribution in [1.82, 2.24) is 5.32 Å². The van der Waals surface area contributed by atoms with E-state index in [4.69, 9.17) is 9.47 Å². The van der Waals surface area contributed by atoms with Crippen LogP contribution in [0.25, 0.3) is 0 Å². The average Bonchev–Trinajstić information content (AvgIpc) is 2.46. The zero-order chi connectivity index (χ0) is 14.4. The van der Waals surface area contributed by atoms with Gasteiger partial charge in [-0.25, -0.2) is 4.79 Å². The van der Waals surface area contributed by atoms with Crippen molar-refractivity contribution in [2.75, 3.05) is 31.7 Å². The van der Waals surface area contributed by atoms with Crippen molar-refractivity contribution in [3.63, 3.8) is 0 Å². The molecule has 1 saturated heterocycles. The van der Waals surface area contributed by atoms with Crippen molar-refractivity contribution in [3.8, 4) is 0 Å². The molecule has 6 nitrogen and oxygen atoms in total. The summed E-state index contributed by atoms with van der Waals surface area (Å²) in [5, 5.41) is 5.39. The van der Waals surface area contributed by atoms with E-state index in [1.165, 1.54) is 6.92 Å². The highest BCUT2D eigenvalue weighted by atomic mass is 16.6. The molecule has 1 atom stereocenters. The number of urea groups is 1. The maximum absolute atomic E-state index is 11.7. The summed E-state index contributed by atoms with van der Waals surface area (Å²) in [4.78, 5) is 23.0. The van der Waals surface area contributed by atoms with Gasteiger partial charge < -0.3 is 20.1 Å². The van der Waals surface area contributed by atoms with Crippen LogP contribution in [0.3, 0.4) is 0 Å². The molecule has 1 aliphatic rings. The van der Waals surface area contributed by atoms with Crippen LogP contribution in [0.4, 0.5) is 10.5 Å². The van der Waals surface area contributed by atoms with Crippen LogP contribution in [0, 0.1) is 0 Å². The number of hydrogen-bond acceptors (Lipinski definition) is 4. The molecule has 1 heterocycles. The number of ether oxygens (including phenoxy) is 2. The predicted octanol–water partition coefficient (Wildman–Crippen LogP) is 1.43. The predicted molar refractivity (Wildman–Crippen MR) is 74.0 cm³/mol. The molecule has 0 aliphatic carbocycles. The Morgan fingerprint density at radius 3 is 2.90 bits per heavy atom. The van der Waals surface area contributed by atoms with Crippen LogP contribution >= 0.6 is 0 Å². The number of nitrogens with one attached hydrogen (secondary N) is 2. The van der Waals surface area contributed by atoms with E-state index in [1.54, 1.807) is 24.3 Å². The van der Waals surface area contributed by atoms with Crippen molar-refractivity contribution < 1.29 is 19.1 Å². The Kier molecular flexibility index (Phi) is 5.09. The molecule has 1 aromatic rings. The minimum Gasteiger partial charge on any atom is -0.376 e. The Hall–Kier alpha value is -1.92. The standard InChI is InChI=1S/C14H18N2O4/c1-10(17)11-3-2-4-12(7-11)16-14(18)15-8-13-9-19-5-6-20-13/h2-4,7,13H,5-6,8-9H2,1H3,(H2,15,16,18). The van der Waals surface area contributed by atoms with Crippen LogP contribution in [-0.4, -0.2) is 44.3 Å². The Balaban J connectivity index is 1.81. The molecule has 1 unspecified atom stereocenters. The van der Waals surface area contributed by atoms with Gasteiger partial charge in [-0.05, 0) is 19.1 Å². The summed E-state index contributed by atoms with van der Waals surface area (Å²) in [6.07, 6.45) is -0.113. The van der Waals surface area contributed by atoms with E-state index in [-0.39, 0.29) is 17.9 Å². The van der Waals surface area contributed by atoms with Crippen LogP contribution in [0.5, 0.6) is 0 Å². The lowest BCUT2D eigenvalue weighted by atomic mass is 10.1. The van der Waals surface area contributed by atoms with Crippen LogP contribution in [0.1, 0.15) is 17.3 Å². The summed E-state index contributed by atoms with van der Waals surface area (Å²) >= 11 is 0. The van der Waals surface area contributed by atoms with Gasteiger partial charge in [-0.1, -0.05) is 12.1 Å². The fourth-order valence-corrected chi connectivity index (χ4v) is 1.85. The highest BCUT2D eigenvalue weighted by Gasteiger charge is 2.15. The number of carbonyl (C=O) groups excluding carboxylic acids is 2. The molecule has 108 valence electrons. The second kappa shape index (κ2) is 7.02. The lowest BCUT2D eigenvalue weighted by Gasteiger charge is -2.23. The Labute approximate surface area is 117 Å². The first kappa shape index (κ1) is 14.5. The normalized spacial score (nSPS) is 18.4. The second-order valence-electron chi connectivity index (χ2n) is 4.54. The molecule has 0 saturated carbocycles. The maximum atomic E-state index is 11.7. The van der Waals surface area contributed by atoms with Gasteiger partial charge in [-0.15, -0.1) is 0 Å². The van der Waals surface area contributed by atoms with Crippen LogP contribution < -0.4 is 10.6 Å². The lowest BCUT2D eigenvalue weighted by molar-refractivity contribution is -0.0852. The van der Waals surface area contributed by atoms with Crippen LogP contribution in [-0.2, 0) is 9.47 Å². The molecule has 1 aromatic carbocycles. The minimum atomic E-state index is -0.333. The molecule has 1 fully saturated rings. The van der Waals surface area contributed by atoms with E-state index < -0.39 is 0 Å². The van der Waals surface area contributed by atoms with E-state index in [9.17, 15) is 9.59 Å². The minimum absolute atomic E-state index is 0.0400. The van der Waals surface area contributed by atoms with Crippen molar-refractivity contribution in [2.24, 2.45) is 0 Å². The monoisotopic (exact) mass is 278 g/mol. The van der Waals surface area contributed by atoms with Crippen molar-refractivity contribution in [2.45, 2.75) is 13.0 Å². The van der Waals surface area contributed by atoms with Gasteiger partial charge in [0.15, 0.2) is 5.78 Å². The van der Waals surface area contributed by atoms with Gasteiger partial charge in [0.05, 0.1) is 25.9 Å². The van der Waals surface area contributed by atoms with Crippen LogP contribution in [0.15, 0.2) is 24.3 Å². The van der Waals surface area contributed by atoms with Crippen molar-refractivity contribution in [1.29, 1.82) is 0 Å². The Morgan fingerprint density at radius 1 is 1.35 bits per heavy atom. The largest absolute Gasteiger partial charge is 0.376 e. The van der Waals surface area contributed by atoms with E-state index >= 15 is 0 Å². The number of benzene rings is 1. The van der Waals surface area contributed by atoms with Gasteiger partial charge in [-0.2, -0.15) is 0 Å². The Bertz CT molecular complexity index is 484. The van der Waals surface area contributed by atoms with E-state index in [2.05, 4.69) is 10.6 Å². The molecular formula is C14H18N2O4. The zero-order valence-electron chi connectivity index (χ0n) is 11.3. The Morgan fingerprint density at radius 2 is 2.20 bits per heavy atom. The number of rotatable bonds is 4. The third kappa shape index (κ3) is 4.32. The number of hydrogen-bond donors (Lipinski definition) is 2. The zero-order valence-corrected chi connectivity index (χ0v) is 11.3. The van der Waals surface area contributed by atoms with Crippen molar-refractivity contribution in [3.05, 3.63) is 29.8 Å². The van der Waals surface area contributed by atoms with Gasteiger partial charge in [0.1, 0.15) is 0 Å². The van der Waals surface area contributed by atoms with Gasteiger partial charge in [0.25, 0.3) is 0 Å². The van der Waals surface area contributed by atoms with E-state index in [0.29, 0.717) is 37.6 Å². The molecule has 2 rings (SSSR count). The first-order valence-electron chi connectivity index (χ1n) is 6.50. The van der Waals surface area contributed by atoms with Gasteiger partial charge in [0, 0.05) is 17.8 Å². The summed E-state index contributed by atoms with van der Waals surface area (Å²) in [5.41, 5.74) is 1.14. The maximum Gasteiger partial charge on any atom is 0.319 e. The molecule has 1 aliphatic heterocycles. The molecule has 2 amide bonds. The molecular weight excluding hydrogens is 260 g/mol. The highest BCUT2D eigenvalue weighted by Crippen LogP contribution is 2.11. The van der Waals surface area contributed by atoms with E-state index in [0.717, 1.165) is 0 Å². The third-order valence-electron chi connectivity index (χ3n) is 2.90. The second-order valence-corrected chi connectivity index (χ2v) is 4.54. The fraction of sp³-hybridized carbons (Fsp3) is 0.429. The van der Waals surface area contributed by atoms with Crippen molar-refractivity contribution >= 4 is 17.5 Å². The molecule has 0 bridgehead atoms. The number of Topliss-reactive ketones (excluding diaryl/α,β-unsaturated/α-hetero) is 1. The number of anilines is 1.